The predicted octanol–water partition coefficient (Wildman–Crippen LogP) is 5.16. The molecule has 1 aliphatic heterocycles. The number of rotatable bonds is 6. The minimum atomic E-state index is -3.69. The molecule has 2 heterocycles. The summed E-state index contributed by atoms with van der Waals surface area (Å²) in [5.74, 6) is 1.02. The fourth-order valence-corrected chi connectivity index (χ4v) is 6.69. The van der Waals surface area contributed by atoms with E-state index in [1.54, 1.807) is 18.2 Å². The molecule has 2 aliphatic rings. The van der Waals surface area contributed by atoms with Gasteiger partial charge in [0.15, 0.2) is 5.58 Å². The Hall–Kier alpha value is -2.29. The summed E-state index contributed by atoms with van der Waals surface area (Å²) in [5, 5.41) is 10.6. The first-order chi connectivity index (χ1) is 16.4. The number of piperidine rings is 1. The van der Waals surface area contributed by atoms with Crippen molar-refractivity contribution in [2.24, 2.45) is 11.1 Å². The quantitative estimate of drug-likeness (QED) is 0.521. The zero-order chi connectivity index (χ0) is 23.7. The fraction of sp³-hybridized carbons (Fsp3) is 0.500. The van der Waals surface area contributed by atoms with Crippen LogP contribution < -0.4 is 5.14 Å². The van der Waals surface area contributed by atoms with Gasteiger partial charge in [-0.2, -0.15) is 0 Å². The number of halogens is 1. The first-order valence-corrected chi connectivity index (χ1v) is 13.8. The van der Waals surface area contributed by atoms with Gasteiger partial charge in [-0.1, -0.05) is 23.4 Å². The molecule has 1 aliphatic carbocycles. The van der Waals surface area contributed by atoms with Crippen molar-refractivity contribution in [2.45, 2.75) is 61.7 Å². The molecule has 0 bridgehead atoms. The van der Waals surface area contributed by atoms with Crippen LogP contribution in [0.15, 0.2) is 51.9 Å². The van der Waals surface area contributed by atoms with Gasteiger partial charge in [-0.3, -0.25) is 0 Å². The third-order valence-corrected chi connectivity index (χ3v) is 8.79. The van der Waals surface area contributed by atoms with E-state index in [1.165, 1.54) is 18.6 Å². The zero-order valence-electron chi connectivity index (χ0n) is 19.3. The van der Waals surface area contributed by atoms with Crippen LogP contribution in [0.3, 0.4) is 0 Å². The van der Waals surface area contributed by atoms with Crippen LogP contribution in [0.25, 0.3) is 11.0 Å². The van der Waals surface area contributed by atoms with Crippen LogP contribution in [0.1, 0.15) is 68.0 Å². The van der Waals surface area contributed by atoms with Gasteiger partial charge < -0.3 is 9.42 Å². The largest absolute Gasteiger partial charge is 0.356 e. The van der Waals surface area contributed by atoms with Crippen LogP contribution in [0.5, 0.6) is 0 Å². The second-order valence-corrected chi connectivity index (χ2v) is 11.4. The molecule has 1 saturated carbocycles. The smallest absolute Gasteiger partial charge is 0.238 e. The van der Waals surface area contributed by atoms with Crippen LogP contribution in [0, 0.1) is 11.7 Å². The zero-order valence-corrected chi connectivity index (χ0v) is 20.1. The maximum atomic E-state index is 13.4. The van der Waals surface area contributed by atoms with Gasteiger partial charge in [0.1, 0.15) is 5.82 Å². The molecule has 2 fully saturated rings. The van der Waals surface area contributed by atoms with Crippen molar-refractivity contribution >= 4 is 21.0 Å². The first-order valence-electron chi connectivity index (χ1n) is 12.3. The Morgan fingerprint density at radius 3 is 2.47 bits per heavy atom. The summed E-state index contributed by atoms with van der Waals surface area (Å²) in [6, 6.07) is 11.8. The summed E-state index contributed by atoms with van der Waals surface area (Å²) in [7, 11) is -3.69. The van der Waals surface area contributed by atoms with Gasteiger partial charge in [0.05, 0.1) is 10.6 Å². The van der Waals surface area contributed by atoms with Crippen molar-refractivity contribution in [2.75, 3.05) is 19.6 Å². The van der Waals surface area contributed by atoms with Gasteiger partial charge in [0, 0.05) is 17.4 Å². The van der Waals surface area contributed by atoms with Crippen LogP contribution >= 0.6 is 0 Å². The minimum Gasteiger partial charge on any atom is -0.356 e. The molecule has 5 rings (SSSR count). The predicted molar refractivity (Wildman–Crippen MR) is 130 cm³/mol. The lowest BCUT2D eigenvalue weighted by Gasteiger charge is -2.34. The van der Waals surface area contributed by atoms with Gasteiger partial charge in [-0.25, -0.2) is 17.9 Å². The Morgan fingerprint density at radius 2 is 1.74 bits per heavy atom. The molecule has 0 radical (unpaired) electrons. The molecule has 8 heteroatoms. The topological polar surface area (TPSA) is 89.4 Å². The minimum absolute atomic E-state index is 0.271. The van der Waals surface area contributed by atoms with E-state index in [9.17, 15) is 12.8 Å². The molecular weight excluding hydrogens is 453 g/mol. The molecule has 0 amide bonds. The Labute approximate surface area is 200 Å². The summed E-state index contributed by atoms with van der Waals surface area (Å²) in [6.45, 7) is 3.18. The average Bonchev–Trinajstić information content (AvgIpc) is 3.26. The molecule has 6 nitrogen and oxygen atoms in total. The lowest BCUT2D eigenvalue weighted by molar-refractivity contribution is 0.184. The molecule has 2 N–H and O–H groups in total. The highest BCUT2D eigenvalue weighted by atomic mass is 32.2. The number of benzene rings is 2. The number of nitrogens with two attached hydrogens (primary N) is 1. The molecule has 3 aromatic rings. The molecule has 0 unspecified atom stereocenters. The Kier molecular flexibility index (Phi) is 6.73. The average molecular weight is 486 g/mol. The van der Waals surface area contributed by atoms with Gasteiger partial charge in [-0.05, 0) is 100 Å². The molecule has 0 atom stereocenters. The SMILES string of the molecule is NS(=O)(=O)c1ccccc1C1CCC(CCN2CCC(c3noc4cc(F)ccc34)CC2)CC1. The van der Waals surface area contributed by atoms with E-state index in [-0.39, 0.29) is 16.6 Å². The number of nitrogens with zero attached hydrogens (tertiary/aromatic N) is 2. The molecular formula is C26H32FN3O3S. The Bertz CT molecular complexity index is 1240. The normalized spacial score (nSPS) is 22.9. The van der Waals surface area contributed by atoms with E-state index in [4.69, 9.17) is 9.66 Å². The summed E-state index contributed by atoms with van der Waals surface area (Å²) in [5.41, 5.74) is 2.38. The molecule has 182 valence electrons. The standard InChI is InChI=1S/C26H32FN3O3S/c27-21-9-10-23-24(17-21)33-29-26(23)20-12-15-30(16-13-20)14-11-18-5-7-19(8-6-18)22-3-1-2-4-25(22)34(28,31)32/h1-4,9-10,17-20H,5-8,11-16H2,(H2,28,31,32). The highest BCUT2D eigenvalue weighted by Gasteiger charge is 2.28. The number of fused-ring (bicyclic) bond motifs is 1. The van der Waals surface area contributed by atoms with Crippen LogP contribution in [-0.4, -0.2) is 38.1 Å². The summed E-state index contributed by atoms with van der Waals surface area (Å²) < 4.78 is 42.7. The van der Waals surface area contributed by atoms with Crippen molar-refractivity contribution in [3.8, 4) is 0 Å². The number of primary sulfonamides is 1. The van der Waals surface area contributed by atoms with Crippen molar-refractivity contribution in [3.63, 3.8) is 0 Å². The van der Waals surface area contributed by atoms with Gasteiger partial charge >= 0.3 is 0 Å². The maximum absolute atomic E-state index is 13.4. The van der Waals surface area contributed by atoms with Gasteiger partial charge in [-0.15, -0.1) is 0 Å². The highest BCUT2D eigenvalue weighted by Crippen LogP contribution is 2.39. The van der Waals surface area contributed by atoms with E-state index in [2.05, 4.69) is 10.1 Å². The molecule has 1 saturated heterocycles. The van der Waals surface area contributed by atoms with E-state index in [0.29, 0.717) is 17.4 Å². The Balaban J connectivity index is 1.10. The lowest BCUT2D eigenvalue weighted by atomic mass is 9.77. The molecule has 0 spiro atoms. The van der Waals surface area contributed by atoms with Crippen molar-refractivity contribution < 1.29 is 17.3 Å². The summed E-state index contributed by atoms with van der Waals surface area (Å²) in [6.07, 6.45) is 7.54. The summed E-state index contributed by atoms with van der Waals surface area (Å²) in [4.78, 5) is 2.83. The number of hydrogen-bond acceptors (Lipinski definition) is 5. The monoisotopic (exact) mass is 485 g/mol. The van der Waals surface area contributed by atoms with E-state index >= 15 is 0 Å². The van der Waals surface area contributed by atoms with E-state index in [1.807, 2.05) is 12.1 Å². The highest BCUT2D eigenvalue weighted by molar-refractivity contribution is 7.89. The number of hydrogen-bond donors (Lipinski definition) is 1. The van der Waals surface area contributed by atoms with Crippen LogP contribution in [-0.2, 0) is 10.0 Å². The molecule has 2 aromatic carbocycles. The first kappa shape index (κ1) is 23.5. The Morgan fingerprint density at radius 1 is 1.00 bits per heavy atom. The third kappa shape index (κ3) is 5.04. The molecule has 1 aromatic heterocycles. The fourth-order valence-electron chi connectivity index (χ4n) is 5.86. The lowest BCUT2D eigenvalue weighted by Crippen LogP contribution is -2.34. The number of aromatic nitrogens is 1. The summed E-state index contributed by atoms with van der Waals surface area (Å²) >= 11 is 0. The number of sulfonamides is 1. The van der Waals surface area contributed by atoms with Crippen molar-refractivity contribution in [1.82, 2.24) is 10.1 Å². The molecule has 34 heavy (non-hydrogen) atoms. The number of likely N-dealkylation sites (tertiary alicyclic amines) is 1. The van der Waals surface area contributed by atoms with Gasteiger partial charge in [0.25, 0.3) is 0 Å². The van der Waals surface area contributed by atoms with E-state index < -0.39 is 10.0 Å². The van der Waals surface area contributed by atoms with Gasteiger partial charge in [0.2, 0.25) is 10.0 Å². The maximum Gasteiger partial charge on any atom is 0.238 e. The van der Waals surface area contributed by atoms with E-state index in [0.717, 1.165) is 74.8 Å². The second kappa shape index (κ2) is 9.76. The third-order valence-electron chi connectivity index (χ3n) is 7.80. The van der Waals surface area contributed by atoms with Crippen molar-refractivity contribution in [3.05, 3.63) is 59.5 Å². The van der Waals surface area contributed by atoms with Crippen LogP contribution in [0.2, 0.25) is 0 Å². The second-order valence-electron chi connectivity index (χ2n) is 9.91. The van der Waals surface area contributed by atoms with Crippen molar-refractivity contribution in [1.29, 1.82) is 0 Å². The van der Waals surface area contributed by atoms with Crippen LogP contribution in [0.4, 0.5) is 4.39 Å².